The Bertz CT molecular complexity index is 279. The van der Waals surface area contributed by atoms with Crippen LogP contribution in [0.1, 0.15) is 5.56 Å². The van der Waals surface area contributed by atoms with E-state index in [1.165, 1.54) is 5.56 Å². The van der Waals surface area contributed by atoms with Gasteiger partial charge in [0.2, 0.25) is 0 Å². The van der Waals surface area contributed by atoms with E-state index in [4.69, 9.17) is 12.3 Å². The summed E-state index contributed by atoms with van der Waals surface area (Å²) in [5, 5.41) is 1.65. The zero-order chi connectivity index (χ0) is 9.52. The van der Waals surface area contributed by atoms with Gasteiger partial charge in [-0.2, -0.15) is 0 Å². The van der Waals surface area contributed by atoms with Gasteiger partial charge in [0, 0.05) is 6.54 Å². The first kappa shape index (κ1) is 13.0. The molecule has 2 nitrogen and oxygen atoms in total. The molecule has 0 heterocycles. The van der Waals surface area contributed by atoms with E-state index in [0.717, 1.165) is 13.0 Å². The van der Waals surface area contributed by atoms with Crippen LogP contribution in [0.5, 0.6) is 0 Å². The van der Waals surface area contributed by atoms with Crippen LogP contribution in [-0.4, -0.2) is 18.1 Å². The van der Waals surface area contributed by atoms with Gasteiger partial charge >= 0.3 is 0 Å². The molecule has 0 aromatic heterocycles. The normalized spacial score (nSPS) is 9.21. The zero-order valence-electron chi connectivity index (χ0n) is 8.02. The van der Waals surface area contributed by atoms with Crippen LogP contribution in [0.15, 0.2) is 30.3 Å². The Kier molecular flexibility index (Phi) is 6.87. The lowest BCUT2D eigenvalue weighted by Gasteiger charge is -2.12. The van der Waals surface area contributed by atoms with Crippen molar-refractivity contribution in [2.75, 3.05) is 13.1 Å². The molecule has 0 saturated heterocycles. The van der Waals surface area contributed by atoms with Gasteiger partial charge in [-0.1, -0.05) is 36.3 Å². The van der Waals surface area contributed by atoms with Crippen molar-refractivity contribution in [3.8, 4) is 12.3 Å². The van der Waals surface area contributed by atoms with Crippen LogP contribution in [0, 0.1) is 12.3 Å². The van der Waals surface area contributed by atoms with Crippen LogP contribution in [0.4, 0.5) is 0 Å². The fourth-order valence-electron chi connectivity index (χ4n) is 1.11. The quantitative estimate of drug-likeness (QED) is 0.463. The molecule has 0 unspecified atom stereocenters. The molecule has 0 radical (unpaired) electrons. The average Bonchev–Trinajstić information content (AvgIpc) is 2.17. The van der Waals surface area contributed by atoms with Crippen LogP contribution in [0.25, 0.3) is 0 Å². The number of benzene rings is 1. The van der Waals surface area contributed by atoms with Crippen LogP contribution in [-0.2, 0) is 6.42 Å². The number of hydrogen-bond acceptors (Lipinski definition) is 2. The predicted octanol–water partition coefficient (Wildman–Crippen LogP) is 1.46. The van der Waals surface area contributed by atoms with Crippen molar-refractivity contribution in [1.82, 2.24) is 5.01 Å². The molecule has 0 saturated carbocycles. The summed E-state index contributed by atoms with van der Waals surface area (Å²) in [6.45, 7) is 1.31. The summed E-state index contributed by atoms with van der Waals surface area (Å²) in [6, 6.07) is 10.2. The molecule has 0 fully saturated rings. The van der Waals surface area contributed by atoms with Crippen LogP contribution < -0.4 is 5.84 Å². The van der Waals surface area contributed by atoms with Gasteiger partial charge < -0.3 is 0 Å². The van der Waals surface area contributed by atoms with Gasteiger partial charge in [0.1, 0.15) is 0 Å². The molecule has 0 aliphatic heterocycles. The van der Waals surface area contributed by atoms with E-state index in [0.29, 0.717) is 6.54 Å². The van der Waals surface area contributed by atoms with Gasteiger partial charge in [0.05, 0.1) is 6.54 Å². The first-order chi connectivity index (χ1) is 6.33. The van der Waals surface area contributed by atoms with Crippen molar-refractivity contribution < 1.29 is 0 Å². The Balaban J connectivity index is 0.00000169. The topological polar surface area (TPSA) is 29.3 Å². The third kappa shape index (κ3) is 4.88. The van der Waals surface area contributed by atoms with Gasteiger partial charge in [0.25, 0.3) is 0 Å². The van der Waals surface area contributed by atoms with Crippen LogP contribution >= 0.6 is 12.4 Å². The largest absolute Gasteiger partial charge is 0.268 e. The monoisotopic (exact) mass is 210 g/mol. The minimum absolute atomic E-state index is 0. The van der Waals surface area contributed by atoms with Crippen molar-refractivity contribution in [1.29, 1.82) is 0 Å². The second kappa shape index (κ2) is 7.40. The molecule has 3 heteroatoms. The summed E-state index contributed by atoms with van der Waals surface area (Å²) < 4.78 is 0. The lowest BCUT2D eigenvalue weighted by molar-refractivity contribution is 0.324. The first-order valence-electron chi connectivity index (χ1n) is 4.30. The van der Waals surface area contributed by atoms with Crippen molar-refractivity contribution in [2.24, 2.45) is 5.84 Å². The van der Waals surface area contributed by atoms with E-state index >= 15 is 0 Å². The average molecular weight is 211 g/mol. The molecule has 76 valence electrons. The zero-order valence-corrected chi connectivity index (χ0v) is 8.83. The molecule has 1 aromatic carbocycles. The third-order valence-electron chi connectivity index (χ3n) is 1.82. The summed E-state index contributed by atoms with van der Waals surface area (Å²) in [6.07, 6.45) is 6.07. The highest BCUT2D eigenvalue weighted by Crippen LogP contribution is 1.99. The fourth-order valence-corrected chi connectivity index (χ4v) is 1.11. The molecule has 1 aromatic rings. The molecule has 0 bridgehead atoms. The van der Waals surface area contributed by atoms with E-state index in [-0.39, 0.29) is 12.4 Å². The molecule has 14 heavy (non-hydrogen) atoms. The number of nitrogens with two attached hydrogens (primary N) is 1. The number of rotatable bonds is 4. The number of terminal acetylenes is 1. The van der Waals surface area contributed by atoms with E-state index in [2.05, 4.69) is 18.1 Å². The molecule has 0 aliphatic rings. The van der Waals surface area contributed by atoms with Crippen molar-refractivity contribution in [3.05, 3.63) is 35.9 Å². The van der Waals surface area contributed by atoms with Crippen molar-refractivity contribution >= 4 is 12.4 Å². The van der Waals surface area contributed by atoms with E-state index < -0.39 is 0 Å². The predicted molar refractivity (Wildman–Crippen MR) is 62.0 cm³/mol. The highest BCUT2D eigenvalue weighted by atomic mass is 35.5. The van der Waals surface area contributed by atoms with Gasteiger partial charge in [0.15, 0.2) is 0 Å². The lowest BCUT2D eigenvalue weighted by atomic mass is 10.1. The maximum atomic E-state index is 5.62. The standard InChI is InChI=1S/C11H14N2.ClH/c1-2-9-13(12)10-8-11-6-4-3-5-7-11;/h1,3-7H,8-10,12H2;1H. The highest BCUT2D eigenvalue weighted by molar-refractivity contribution is 5.85. The van der Waals surface area contributed by atoms with Crippen molar-refractivity contribution in [3.63, 3.8) is 0 Å². The van der Waals surface area contributed by atoms with E-state index in [1.807, 2.05) is 18.2 Å². The van der Waals surface area contributed by atoms with Crippen LogP contribution in [0.2, 0.25) is 0 Å². The number of hydrogen-bond donors (Lipinski definition) is 1. The smallest absolute Gasteiger partial charge is 0.0737 e. The lowest BCUT2D eigenvalue weighted by Crippen LogP contribution is -2.33. The summed E-state index contributed by atoms with van der Waals surface area (Å²) in [5.41, 5.74) is 1.29. The van der Waals surface area contributed by atoms with Crippen LogP contribution in [0.3, 0.4) is 0 Å². The Hall–Kier alpha value is -1.01. The number of hydrazine groups is 1. The Labute approximate surface area is 91.5 Å². The maximum absolute atomic E-state index is 5.62. The molecule has 1 rings (SSSR count). The first-order valence-corrected chi connectivity index (χ1v) is 4.30. The number of nitrogens with zero attached hydrogens (tertiary/aromatic N) is 1. The summed E-state index contributed by atoms with van der Waals surface area (Å²) in [5.74, 6) is 8.13. The molecule has 0 aliphatic carbocycles. The Morgan fingerprint density at radius 2 is 1.93 bits per heavy atom. The van der Waals surface area contributed by atoms with Crippen molar-refractivity contribution in [2.45, 2.75) is 6.42 Å². The minimum atomic E-state index is 0. The van der Waals surface area contributed by atoms with Gasteiger partial charge in [-0.15, -0.1) is 18.8 Å². The molecular formula is C11H15ClN2. The van der Waals surface area contributed by atoms with E-state index in [9.17, 15) is 0 Å². The van der Waals surface area contributed by atoms with Gasteiger partial charge in [-0.05, 0) is 12.0 Å². The maximum Gasteiger partial charge on any atom is 0.0737 e. The SMILES string of the molecule is C#CCN(N)CCc1ccccc1.Cl. The van der Waals surface area contributed by atoms with Gasteiger partial charge in [-0.3, -0.25) is 5.84 Å². The Morgan fingerprint density at radius 3 is 2.50 bits per heavy atom. The Morgan fingerprint density at radius 1 is 1.29 bits per heavy atom. The third-order valence-corrected chi connectivity index (χ3v) is 1.82. The number of halogens is 1. The fraction of sp³-hybridized carbons (Fsp3) is 0.273. The summed E-state index contributed by atoms with van der Waals surface area (Å²) in [7, 11) is 0. The molecule has 2 N–H and O–H groups in total. The second-order valence-corrected chi connectivity index (χ2v) is 2.91. The summed E-state index contributed by atoms with van der Waals surface area (Å²) >= 11 is 0. The summed E-state index contributed by atoms with van der Waals surface area (Å²) in [4.78, 5) is 0. The van der Waals surface area contributed by atoms with E-state index in [1.54, 1.807) is 5.01 Å². The molecule has 0 atom stereocenters. The highest BCUT2D eigenvalue weighted by Gasteiger charge is 1.96. The molecular weight excluding hydrogens is 196 g/mol. The molecule has 0 spiro atoms. The van der Waals surface area contributed by atoms with Gasteiger partial charge in [-0.25, -0.2) is 5.01 Å². The molecule has 0 amide bonds. The second-order valence-electron chi connectivity index (χ2n) is 2.91. The minimum Gasteiger partial charge on any atom is -0.268 e.